The van der Waals surface area contributed by atoms with E-state index in [1.165, 1.54) is 6.07 Å². The number of amides is 1. The molecule has 7 nitrogen and oxygen atoms in total. The van der Waals surface area contributed by atoms with Gasteiger partial charge < -0.3 is 24.4 Å². The van der Waals surface area contributed by atoms with E-state index in [-0.39, 0.29) is 17.9 Å². The fraction of sp³-hybridized carbons (Fsp3) is 0.600. The molecule has 4 rings (SSSR count). The van der Waals surface area contributed by atoms with Gasteiger partial charge in [-0.25, -0.2) is 9.18 Å². The number of rotatable bonds is 8. The minimum atomic E-state index is -0.928. The molecular weight excluding hydrogens is 547 g/mol. The summed E-state index contributed by atoms with van der Waals surface area (Å²) in [6.07, 6.45) is 1.60. The predicted octanol–water partition coefficient (Wildman–Crippen LogP) is 6.34. The number of halogens is 1. The molecule has 1 amide bonds. The van der Waals surface area contributed by atoms with Gasteiger partial charge in [0.15, 0.2) is 0 Å². The molecule has 5 atom stereocenters. The molecule has 0 unspecified atom stereocenters. The van der Waals surface area contributed by atoms with Gasteiger partial charge in [-0.05, 0) is 54.7 Å². The molecule has 43 heavy (non-hydrogen) atoms. The Morgan fingerprint density at radius 3 is 2.37 bits per heavy atom. The highest BCUT2D eigenvalue weighted by Crippen LogP contribution is 2.49. The maximum Gasteiger partial charge on any atom is 0.329 e. The maximum atomic E-state index is 15.7. The van der Waals surface area contributed by atoms with Gasteiger partial charge in [-0.15, -0.1) is 0 Å². The largest absolute Gasteiger partial charge is 0.496 e. The van der Waals surface area contributed by atoms with Crippen molar-refractivity contribution in [3.8, 4) is 5.75 Å². The minimum absolute atomic E-state index is 0.0732. The highest BCUT2D eigenvalue weighted by atomic mass is 19.1. The monoisotopic (exact) mass is 596 g/mol. The average Bonchev–Trinajstić information content (AvgIpc) is 3.31. The Morgan fingerprint density at radius 2 is 1.79 bits per heavy atom. The Balaban J connectivity index is 1.87. The van der Waals surface area contributed by atoms with Gasteiger partial charge >= 0.3 is 5.97 Å². The second kappa shape index (κ2) is 13.3. The molecule has 2 aliphatic rings. The first-order chi connectivity index (χ1) is 20.3. The van der Waals surface area contributed by atoms with Crippen LogP contribution < -0.4 is 10.1 Å². The second-order valence-electron chi connectivity index (χ2n) is 13.8. The van der Waals surface area contributed by atoms with Gasteiger partial charge in [0.05, 0.1) is 19.8 Å². The maximum absolute atomic E-state index is 15.7. The lowest BCUT2D eigenvalue weighted by Gasteiger charge is -2.36. The summed E-state index contributed by atoms with van der Waals surface area (Å²) in [6.45, 7) is 15.5. The number of nitrogens with one attached hydrogen (secondary N) is 1. The quantitative estimate of drug-likeness (QED) is 0.359. The SMILES string of the molecule is CCOC(=O)[C@@H]1[C@@H](C(C)(C)C)[C@H](NCc2cc(C(C)(C)C)ccc2OC)[C@H](c2ccccc2F)N1C(=O)[C@H]1CCCCO1. The summed E-state index contributed by atoms with van der Waals surface area (Å²) >= 11 is 0. The van der Waals surface area contributed by atoms with Gasteiger partial charge in [0.1, 0.15) is 23.7 Å². The van der Waals surface area contributed by atoms with Gasteiger partial charge in [0, 0.05) is 36.2 Å². The standard InChI is InChI=1S/C35H49FN2O5/c1-9-42-33(40)31-28(35(5,6)7)29(37-21-22-20-23(34(2,3)4)17-18-26(22)41-8)30(24-14-10-11-15-25(24)36)38(31)32(39)27-16-12-13-19-43-27/h10-11,14-15,17-18,20,27-31,37H,9,12-13,16,19,21H2,1-8H3/t27-,28+,29+,30+,31+/m1/s1. The van der Waals surface area contributed by atoms with Crippen LogP contribution in [0.4, 0.5) is 4.39 Å². The number of benzene rings is 2. The number of carbonyl (C=O) groups excluding carboxylic acids is 2. The Morgan fingerprint density at radius 1 is 1.07 bits per heavy atom. The van der Waals surface area contributed by atoms with Crippen molar-refractivity contribution >= 4 is 11.9 Å². The van der Waals surface area contributed by atoms with E-state index in [4.69, 9.17) is 14.2 Å². The summed E-state index contributed by atoms with van der Waals surface area (Å²) in [4.78, 5) is 29.8. The first kappa shape index (κ1) is 32.9. The number of nitrogens with zero attached hydrogens (tertiary/aromatic N) is 1. The third-order valence-electron chi connectivity index (χ3n) is 8.80. The molecule has 0 aliphatic carbocycles. The summed E-state index contributed by atoms with van der Waals surface area (Å²) in [6, 6.07) is 10.5. The summed E-state index contributed by atoms with van der Waals surface area (Å²) in [7, 11) is 1.65. The lowest BCUT2D eigenvalue weighted by Crippen LogP contribution is -2.51. The topological polar surface area (TPSA) is 77.1 Å². The Bertz CT molecular complexity index is 1280. The average molecular weight is 597 g/mol. The van der Waals surface area contributed by atoms with Crippen LogP contribution >= 0.6 is 0 Å². The molecule has 2 fully saturated rings. The first-order valence-corrected chi connectivity index (χ1v) is 15.5. The molecule has 2 saturated heterocycles. The van der Waals surface area contributed by atoms with Crippen LogP contribution in [0.5, 0.6) is 5.75 Å². The van der Waals surface area contributed by atoms with Crippen molar-refractivity contribution in [3.05, 3.63) is 65.0 Å². The number of methoxy groups -OCH3 is 1. The zero-order chi connectivity index (χ0) is 31.5. The number of hydrogen-bond acceptors (Lipinski definition) is 6. The predicted molar refractivity (Wildman–Crippen MR) is 165 cm³/mol. The van der Waals surface area contributed by atoms with Gasteiger partial charge in [-0.1, -0.05) is 71.9 Å². The third-order valence-corrected chi connectivity index (χ3v) is 8.80. The Kier molecular flexibility index (Phi) is 10.2. The summed E-state index contributed by atoms with van der Waals surface area (Å²) in [5.74, 6) is -0.869. The molecule has 0 aromatic heterocycles. The van der Waals surface area contributed by atoms with Crippen LogP contribution in [0.1, 0.15) is 90.5 Å². The smallest absolute Gasteiger partial charge is 0.329 e. The molecule has 8 heteroatoms. The molecule has 236 valence electrons. The van der Waals surface area contributed by atoms with Crippen LogP contribution in [0.25, 0.3) is 0 Å². The van der Waals surface area contributed by atoms with E-state index >= 15 is 4.39 Å². The van der Waals surface area contributed by atoms with E-state index in [0.717, 1.165) is 29.7 Å². The Labute approximate surface area is 256 Å². The summed E-state index contributed by atoms with van der Waals surface area (Å²) in [5.41, 5.74) is 1.93. The van der Waals surface area contributed by atoms with Gasteiger partial charge in [-0.2, -0.15) is 0 Å². The fourth-order valence-electron chi connectivity index (χ4n) is 6.70. The van der Waals surface area contributed by atoms with E-state index in [0.29, 0.717) is 25.1 Å². The zero-order valence-corrected chi connectivity index (χ0v) is 27.0. The molecule has 0 spiro atoms. The molecule has 1 N–H and O–H groups in total. The number of likely N-dealkylation sites (tertiary alicyclic amines) is 1. The lowest BCUT2D eigenvalue weighted by atomic mass is 9.72. The summed E-state index contributed by atoms with van der Waals surface area (Å²) < 4.78 is 33.0. The van der Waals surface area contributed by atoms with E-state index in [1.807, 2.05) is 6.07 Å². The molecular formula is C35H49FN2O5. The van der Waals surface area contributed by atoms with Crippen molar-refractivity contribution < 1.29 is 28.2 Å². The van der Waals surface area contributed by atoms with Crippen LogP contribution in [0.2, 0.25) is 0 Å². The lowest BCUT2D eigenvalue weighted by molar-refractivity contribution is -0.162. The fourth-order valence-corrected chi connectivity index (χ4v) is 6.70. The van der Waals surface area contributed by atoms with Crippen LogP contribution in [0, 0.1) is 17.2 Å². The summed E-state index contributed by atoms with van der Waals surface area (Å²) in [5, 5.41) is 3.71. The van der Waals surface area contributed by atoms with Crippen molar-refractivity contribution in [1.82, 2.24) is 10.2 Å². The molecule has 2 aromatic rings. The molecule has 2 heterocycles. The van der Waals surface area contributed by atoms with Crippen molar-refractivity contribution in [2.75, 3.05) is 20.3 Å². The zero-order valence-electron chi connectivity index (χ0n) is 27.0. The highest BCUT2D eigenvalue weighted by molar-refractivity contribution is 5.89. The number of ether oxygens (including phenoxy) is 3. The van der Waals surface area contributed by atoms with Crippen molar-refractivity contribution in [2.24, 2.45) is 11.3 Å². The first-order valence-electron chi connectivity index (χ1n) is 15.5. The molecule has 0 bridgehead atoms. The highest BCUT2D eigenvalue weighted by Gasteiger charge is 2.59. The molecule has 0 saturated carbocycles. The third kappa shape index (κ3) is 7.07. The normalized spacial score (nSPS) is 24.6. The van der Waals surface area contributed by atoms with Crippen molar-refractivity contribution in [1.29, 1.82) is 0 Å². The number of hydrogen-bond donors (Lipinski definition) is 1. The van der Waals surface area contributed by atoms with Crippen LogP contribution in [-0.4, -0.2) is 55.3 Å². The minimum Gasteiger partial charge on any atom is -0.496 e. The van der Waals surface area contributed by atoms with Crippen LogP contribution in [-0.2, 0) is 31.0 Å². The van der Waals surface area contributed by atoms with Crippen LogP contribution in [0.3, 0.4) is 0 Å². The number of esters is 1. The van der Waals surface area contributed by atoms with Crippen LogP contribution in [0.15, 0.2) is 42.5 Å². The second-order valence-corrected chi connectivity index (χ2v) is 13.8. The van der Waals surface area contributed by atoms with Gasteiger partial charge in [0.25, 0.3) is 5.91 Å². The van der Waals surface area contributed by atoms with Crippen molar-refractivity contribution in [2.45, 2.75) is 104 Å². The Hall–Kier alpha value is -2.97. The van der Waals surface area contributed by atoms with E-state index < -0.39 is 47.3 Å². The van der Waals surface area contributed by atoms with E-state index in [9.17, 15) is 9.59 Å². The van der Waals surface area contributed by atoms with E-state index in [1.54, 1.807) is 37.1 Å². The molecule has 2 aromatic carbocycles. The van der Waals surface area contributed by atoms with Crippen molar-refractivity contribution in [3.63, 3.8) is 0 Å². The molecule has 2 aliphatic heterocycles. The molecule has 0 radical (unpaired) electrons. The number of carbonyl (C=O) groups is 2. The van der Waals surface area contributed by atoms with E-state index in [2.05, 4.69) is 59.0 Å². The van der Waals surface area contributed by atoms with Gasteiger partial charge in [-0.3, -0.25) is 4.79 Å². The van der Waals surface area contributed by atoms with Gasteiger partial charge in [0.2, 0.25) is 0 Å².